The highest BCUT2D eigenvalue weighted by Crippen LogP contribution is 2.10. The molecule has 0 rings (SSSR count). The van der Waals surface area contributed by atoms with Crippen molar-refractivity contribution in [3.63, 3.8) is 0 Å². The Morgan fingerprint density at radius 1 is 0.947 bits per heavy atom. The summed E-state index contributed by atoms with van der Waals surface area (Å²) in [6.07, 6.45) is 14.2. The van der Waals surface area contributed by atoms with Crippen molar-refractivity contribution >= 4 is 29.0 Å². The predicted molar refractivity (Wildman–Crippen MR) is 91.3 cm³/mol. The molecule has 0 unspecified atom stereocenters. The number of hydrogen-bond acceptors (Lipinski definition) is 1. The van der Waals surface area contributed by atoms with Crippen molar-refractivity contribution in [2.24, 2.45) is 0 Å². The summed E-state index contributed by atoms with van der Waals surface area (Å²) in [6, 6.07) is 0. The first kappa shape index (κ1) is 18.8. The lowest BCUT2D eigenvalue weighted by atomic mass is 10.1. The van der Waals surface area contributed by atoms with E-state index in [9.17, 15) is 4.79 Å². The molecule has 0 atom stereocenters. The second-order valence-corrected chi connectivity index (χ2v) is 5.57. The summed E-state index contributed by atoms with van der Waals surface area (Å²) < 4.78 is 2.79. The molecule has 0 spiro atoms. The molecule has 0 saturated heterocycles. The summed E-state index contributed by atoms with van der Waals surface area (Å²) in [5.41, 5.74) is 0. The highest BCUT2D eigenvalue weighted by Gasteiger charge is 1.98. The number of amides is 1. The molecular weight excluding hydrogens is 349 g/mol. The van der Waals surface area contributed by atoms with E-state index in [0.717, 1.165) is 19.4 Å². The molecule has 0 aliphatic carbocycles. The maximum atomic E-state index is 10.8. The summed E-state index contributed by atoms with van der Waals surface area (Å²) in [4.78, 5) is 12.5. The number of unbranched alkanes of at least 4 members (excludes halogenated alkanes) is 9. The van der Waals surface area contributed by atoms with Gasteiger partial charge in [-0.05, 0) is 10.3 Å². The molecule has 0 aromatic rings. The minimum atomic E-state index is 0.573. The molecule has 0 aliphatic rings. The van der Waals surface area contributed by atoms with Gasteiger partial charge in [-0.15, -0.1) is 0 Å². The molecule has 0 N–H and O–H groups in total. The van der Waals surface area contributed by atoms with E-state index in [2.05, 4.69) is 16.8 Å². The first-order valence-corrected chi connectivity index (χ1v) is 8.70. The van der Waals surface area contributed by atoms with E-state index in [1.807, 2.05) is 22.6 Å². The fourth-order valence-corrected chi connectivity index (χ4v) is 2.27. The van der Waals surface area contributed by atoms with Crippen LogP contribution in [0, 0.1) is 9.85 Å². The normalized spacial score (nSPS) is 9.79. The average molecular weight is 377 g/mol. The third-order valence-electron chi connectivity index (χ3n) is 3.30. The zero-order chi connectivity index (χ0) is 14.2. The minimum Gasteiger partial charge on any atom is -0.334 e. The van der Waals surface area contributed by atoms with Crippen molar-refractivity contribution in [3.8, 4) is 9.85 Å². The fourth-order valence-electron chi connectivity index (χ4n) is 2.10. The summed E-state index contributed by atoms with van der Waals surface area (Å²) in [5, 5.41) is 0. The number of halogens is 1. The maximum Gasteiger partial charge on any atom is 0.210 e. The van der Waals surface area contributed by atoms with Gasteiger partial charge in [0.1, 0.15) is 0 Å². The Balaban J connectivity index is 3.24. The van der Waals surface area contributed by atoms with Gasteiger partial charge in [0.25, 0.3) is 0 Å². The zero-order valence-corrected chi connectivity index (χ0v) is 14.5. The zero-order valence-electron chi connectivity index (χ0n) is 12.3. The highest BCUT2D eigenvalue weighted by atomic mass is 127. The number of carbonyl (C=O) groups is 1. The van der Waals surface area contributed by atoms with Crippen molar-refractivity contribution in [2.45, 2.75) is 71.1 Å². The average Bonchev–Trinajstić information content (AvgIpc) is 2.44. The monoisotopic (exact) mass is 377 g/mol. The standard InChI is InChI=1S/C16H28INO/c1-2-3-4-5-6-7-8-9-10-11-14-18(16-19)15-12-13-17/h16H,2-11,14-15H2,1H3. The lowest BCUT2D eigenvalue weighted by molar-refractivity contribution is -0.117. The molecule has 0 radical (unpaired) electrons. The van der Waals surface area contributed by atoms with Gasteiger partial charge in [0.15, 0.2) is 0 Å². The van der Waals surface area contributed by atoms with Crippen molar-refractivity contribution in [3.05, 3.63) is 0 Å². The first-order valence-electron chi connectivity index (χ1n) is 7.63. The Kier molecular flexibility index (Phi) is 15.6. The third-order valence-corrected chi connectivity index (χ3v) is 3.68. The molecule has 3 heteroatoms. The molecule has 0 fully saturated rings. The van der Waals surface area contributed by atoms with Gasteiger partial charge >= 0.3 is 0 Å². The molecule has 0 aromatic carbocycles. The van der Waals surface area contributed by atoms with Crippen LogP contribution in [0.25, 0.3) is 0 Å². The predicted octanol–water partition coefficient (Wildman–Crippen LogP) is 4.76. The van der Waals surface area contributed by atoms with E-state index >= 15 is 0 Å². The Hall–Kier alpha value is -0.240. The van der Waals surface area contributed by atoms with E-state index in [-0.39, 0.29) is 0 Å². The Bertz CT molecular complexity index is 257. The summed E-state index contributed by atoms with van der Waals surface area (Å²) in [7, 11) is 0. The van der Waals surface area contributed by atoms with Gasteiger partial charge < -0.3 is 4.90 Å². The fraction of sp³-hybridized carbons (Fsp3) is 0.812. The smallest absolute Gasteiger partial charge is 0.210 e. The molecular formula is C16H28INO. The van der Waals surface area contributed by atoms with Gasteiger partial charge in [-0.2, -0.15) is 0 Å². The van der Waals surface area contributed by atoms with E-state index in [4.69, 9.17) is 0 Å². The van der Waals surface area contributed by atoms with Crippen LogP contribution in [0.5, 0.6) is 0 Å². The van der Waals surface area contributed by atoms with E-state index < -0.39 is 0 Å². The van der Waals surface area contributed by atoms with Crippen LogP contribution in [-0.2, 0) is 4.79 Å². The quantitative estimate of drug-likeness (QED) is 0.196. The Labute approximate surface area is 132 Å². The topological polar surface area (TPSA) is 20.3 Å². The summed E-state index contributed by atoms with van der Waals surface area (Å²) in [6.45, 7) is 3.68. The number of rotatable bonds is 13. The third kappa shape index (κ3) is 14.0. The van der Waals surface area contributed by atoms with Crippen LogP contribution in [-0.4, -0.2) is 24.4 Å². The van der Waals surface area contributed by atoms with Gasteiger partial charge in [0, 0.05) is 29.1 Å². The molecule has 0 saturated carbocycles. The van der Waals surface area contributed by atoms with Gasteiger partial charge in [0.05, 0.1) is 6.54 Å². The van der Waals surface area contributed by atoms with Gasteiger partial charge in [-0.25, -0.2) is 0 Å². The lowest BCUT2D eigenvalue weighted by Gasteiger charge is -2.13. The minimum absolute atomic E-state index is 0.573. The lowest BCUT2D eigenvalue weighted by Crippen LogP contribution is -2.23. The van der Waals surface area contributed by atoms with Crippen LogP contribution in [0.1, 0.15) is 71.1 Å². The van der Waals surface area contributed by atoms with E-state index in [0.29, 0.717) is 6.54 Å². The van der Waals surface area contributed by atoms with Crippen LogP contribution < -0.4 is 0 Å². The molecule has 1 amide bonds. The molecule has 2 nitrogen and oxygen atoms in total. The Morgan fingerprint density at radius 3 is 1.95 bits per heavy atom. The molecule has 110 valence electrons. The second-order valence-electron chi connectivity index (χ2n) is 5.03. The highest BCUT2D eigenvalue weighted by molar-refractivity contribution is 14.1. The van der Waals surface area contributed by atoms with Crippen molar-refractivity contribution in [1.82, 2.24) is 4.90 Å². The number of hydrogen-bond donors (Lipinski definition) is 0. The molecule has 0 aliphatic heterocycles. The van der Waals surface area contributed by atoms with Crippen LogP contribution in [0.3, 0.4) is 0 Å². The first-order chi connectivity index (χ1) is 9.35. The van der Waals surface area contributed by atoms with Crippen molar-refractivity contribution in [1.29, 1.82) is 0 Å². The number of carbonyl (C=O) groups excluding carboxylic acids is 1. The van der Waals surface area contributed by atoms with Crippen molar-refractivity contribution in [2.75, 3.05) is 13.1 Å². The van der Waals surface area contributed by atoms with Crippen LogP contribution in [0.15, 0.2) is 0 Å². The molecule has 0 bridgehead atoms. The van der Waals surface area contributed by atoms with Gasteiger partial charge in [-0.1, -0.05) is 70.6 Å². The molecule has 19 heavy (non-hydrogen) atoms. The second kappa shape index (κ2) is 15.8. The van der Waals surface area contributed by atoms with Crippen molar-refractivity contribution < 1.29 is 4.79 Å². The largest absolute Gasteiger partial charge is 0.334 e. The van der Waals surface area contributed by atoms with E-state index in [1.165, 1.54) is 57.8 Å². The van der Waals surface area contributed by atoms with Crippen LogP contribution >= 0.6 is 22.6 Å². The summed E-state index contributed by atoms with van der Waals surface area (Å²) >= 11 is 2.01. The Morgan fingerprint density at radius 2 is 1.47 bits per heavy atom. The van der Waals surface area contributed by atoms with Gasteiger partial charge in [0.2, 0.25) is 6.41 Å². The number of nitrogens with zero attached hydrogens (tertiary/aromatic N) is 1. The SMILES string of the molecule is CCCCCCCCCCCCN(C=O)CC#CI. The van der Waals surface area contributed by atoms with Crippen LogP contribution in [0.4, 0.5) is 0 Å². The van der Waals surface area contributed by atoms with Gasteiger partial charge in [-0.3, -0.25) is 4.79 Å². The summed E-state index contributed by atoms with van der Waals surface area (Å²) in [5.74, 6) is 2.92. The van der Waals surface area contributed by atoms with Crippen LogP contribution in [0.2, 0.25) is 0 Å². The maximum absolute atomic E-state index is 10.8. The molecule has 0 aromatic heterocycles. The van der Waals surface area contributed by atoms with E-state index in [1.54, 1.807) is 4.90 Å². The molecule has 0 heterocycles.